The number of alkyl halides is 2. The van der Waals surface area contributed by atoms with Crippen molar-refractivity contribution in [2.24, 2.45) is 0 Å². The second-order valence-electron chi connectivity index (χ2n) is 4.57. The minimum absolute atomic E-state index is 0.0294. The number of ether oxygens (including phenoxy) is 2. The topological polar surface area (TPSA) is 33.7 Å². The van der Waals surface area contributed by atoms with Crippen LogP contribution in [0.1, 0.15) is 11.6 Å². The quantitative estimate of drug-likeness (QED) is 0.857. The van der Waals surface area contributed by atoms with Crippen LogP contribution in [0.2, 0.25) is 0 Å². The predicted molar refractivity (Wildman–Crippen MR) is 67.9 cm³/mol. The normalized spacial score (nSPS) is 15.3. The smallest absolute Gasteiger partial charge is 0.251 e. The van der Waals surface area contributed by atoms with E-state index in [1.165, 1.54) is 0 Å². The first-order valence-corrected chi connectivity index (χ1v) is 6.13. The molecule has 0 spiro atoms. The van der Waals surface area contributed by atoms with E-state index in [0.29, 0.717) is 12.3 Å². The van der Waals surface area contributed by atoms with Crippen molar-refractivity contribution >= 4 is 0 Å². The Hall–Kier alpha value is -1.40. The summed E-state index contributed by atoms with van der Waals surface area (Å²) in [6, 6.07) is 5.62. The van der Waals surface area contributed by atoms with E-state index in [1.54, 1.807) is 11.9 Å². The first-order valence-electron chi connectivity index (χ1n) is 6.13. The number of halogens is 2. The molecule has 1 heterocycles. The van der Waals surface area contributed by atoms with Crippen LogP contribution in [0, 0.1) is 0 Å². The largest absolute Gasteiger partial charge is 0.454 e. The summed E-state index contributed by atoms with van der Waals surface area (Å²) in [5.41, 5.74) is 0.993. The summed E-state index contributed by atoms with van der Waals surface area (Å²) < 4.78 is 35.2. The zero-order valence-corrected chi connectivity index (χ0v) is 11.0. The molecule has 106 valence electrons. The van der Waals surface area contributed by atoms with E-state index in [0.717, 1.165) is 11.3 Å². The number of nitrogens with one attached hydrogen (secondary N) is 1. The first kappa shape index (κ1) is 14.0. The molecule has 1 aromatic carbocycles. The summed E-state index contributed by atoms with van der Waals surface area (Å²) in [6.45, 7) is 0.498. The van der Waals surface area contributed by atoms with Crippen molar-refractivity contribution in [3.05, 3.63) is 23.8 Å². The van der Waals surface area contributed by atoms with Crippen LogP contribution in [0.5, 0.6) is 11.5 Å². The molecular formula is C13H18F2N2O2. The molecule has 1 aromatic rings. The molecule has 0 saturated carbocycles. The number of hydrogen-bond donors (Lipinski definition) is 1. The van der Waals surface area contributed by atoms with Crippen LogP contribution in [-0.4, -0.2) is 45.3 Å². The Morgan fingerprint density at radius 1 is 1.26 bits per heavy atom. The fourth-order valence-corrected chi connectivity index (χ4v) is 2.12. The third-order valence-corrected chi connectivity index (χ3v) is 3.09. The summed E-state index contributed by atoms with van der Waals surface area (Å²) in [6.07, 6.45) is -2.32. The summed E-state index contributed by atoms with van der Waals surface area (Å²) >= 11 is 0. The van der Waals surface area contributed by atoms with Crippen molar-refractivity contribution in [2.75, 3.05) is 34.0 Å². The van der Waals surface area contributed by atoms with Crippen LogP contribution in [0.25, 0.3) is 0 Å². The Morgan fingerprint density at radius 2 is 2.00 bits per heavy atom. The molecule has 0 fully saturated rings. The molecular weight excluding hydrogens is 254 g/mol. The van der Waals surface area contributed by atoms with Gasteiger partial charge in [0.1, 0.15) is 0 Å². The molecule has 0 radical (unpaired) electrons. The van der Waals surface area contributed by atoms with Crippen LogP contribution >= 0.6 is 0 Å². The molecule has 0 aromatic heterocycles. The van der Waals surface area contributed by atoms with Gasteiger partial charge in [0, 0.05) is 12.6 Å². The van der Waals surface area contributed by atoms with Gasteiger partial charge in [0.2, 0.25) is 6.79 Å². The lowest BCUT2D eigenvalue weighted by Crippen LogP contribution is -2.34. The van der Waals surface area contributed by atoms with E-state index in [-0.39, 0.29) is 19.4 Å². The fraction of sp³-hybridized carbons (Fsp3) is 0.538. The SMILES string of the molecule is CNC(CN(C)CC(F)F)c1ccc2c(c1)OCO2. The average Bonchev–Trinajstić information content (AvgIpc) is 2.82. The molecule has 2 rings (SSSR count). The second-order valence-corrected chi connectivity index (χ2v) is 4.57. The number of rotatable bonds is 6. The zero-order valence-electron chi connectivity index (χ0n) is 11.0. The van der Waals surface area contributed by atoms with E-state index in [2.05, 4.69) is 5.32 Å². The lowest BCUT2D eigenvalue weighted by Gasteiger charge is -2.24. The Bertz CT molecular complexity index is 429. The third-order valence-electron chi connectivity index (χ3n) is 3.09. The highest BCUT2D eigenvalue weighted by Gasteiger charge is 2.19. The van der Waals surface area contributed by atoms with Gasteiger partial charge >= 0.3 is 0 Å². The molecule has 19 heavy (non-hydrogen) atoms. The lowest BCUT2D eigenvalue weighted by atomic mass is 10.1. The predicted octanol–water partition coefficient (Wildman–Crippen LogP) is 1.87. The molecule has 4 nitrogen and oxygen atoms in total. The Morgan fingerprint density at radius 3 is 2.68 bits per heavy atom. The first-order chi connectivity index (χ1) is 9.10. The molecule has 0 bridgehead atoms. The van der Waals surface area contributed by atoms with Gasteiger partial charge in [-0.2, -0.15) is 0 Å². The molecule has 1 aliphatic rings. The van der Waals surface area contributed by atoms with Gasteiger partial charge in [0.15, 0.2) is 11.5 Å². The van der Waals surface area contributed by atoms with E-state index >= 15 is 0 Å². The van der Waals surface area contributed by atoms with Crippen molar-refractivity contribution in [3.63, 3.8) is 0 Å². The van der Waals surface area contributed by atoms with Crippen LogP contribution in [0.3, 0.4) is 0 Å². The Kier molecular flexibility index (Phi) is 4.55. The van der Waals surface area contributed by atoms with Gasteiger partial charge in [-0.05, 0) is 31.8 Å². The average molecular weight is 272 g/mol. The van der Waals surface area contributed by atoms with Crippen LogP contribution in [0.15, 0.2) is 18.2 Å². The monoisotopic (exact) mass is 272 g/mol. The van der Waals surface area contributed by atoms with Gasteiger partial charge in [-0.1, -0.05) is 6.07 Å². The highest BCUT2D eigenvalue weighted by atomic mass is 19.3. The van der Waals surface area contributed by atoms with E-state index in [4.69, 9.17) is 9.47 Å². The van der Waals surface area contributed by atoms with Crippen molar-refractivity contribution in [1.29, 1.82) is 0 Å². The van der Waals surface area contributed by atoms with Crippen molar-refractivity contribution in [2.45, 2.75) is 12.5 Å². The highest BCUT2D eigenvalue weighted by molar-refractivity contribution is 5.45. The van der Waals surface area contributed by atoms with Gasteiger partial charge in [-0.25, -0.2) is 8.78 Å². The van der Waals surface area contributed by atoms with E-state index in [1.807, 2.05) is 25.2 Å². The molecule has 0 saturated heterocycles. The van der Waals surface area contributed by atoms with Gasteiger partial charge in [0.25, 0.3) is 6.43 Å². The van der Waals surface area contributed by atoms with Crippen molar-refractivity contribution in [1.82, 2.24) is 10.2 Å². The molecule has 1 aliphatic heterocycles. The minimum atomic E-state index is -2.32. The van der Waals surface area contributed by atoms with E-state index < -0.39 is 6.43 Å². The summed E-state index contributed by atoms with van der Waals surface area (Å²) in [5, 5.41) is 3.13. The Balaban J connectivity index is 2.05. The number of likely N-dealkylation sites (N-methyl/N-ethyl adjacent to an activating group) is 2. The maximum Gasteiger partial charge on any atom is 0.251 e. The molecule has 6 heteroatoms. The molecule has 1 N–H and O–H groups in total. The Labute approximate surface area is 111 Å². The fourth-order valence-electron chi connectivity index (χ4n) is 2.12. The number of hydrogen-bond acceptors (Lipinski definition) is 4. The summed E-state index contributed by atoms with van der Waals surface area (Å²) in [4.78, 5) is 1.61. The molecule has 1 unspecified atom stereocenters. The standard InChI is InChI=1S/C13H18F2N2O2/c1-16-10(6-17(2)7-13(14)15)9-3-4-11-12(5-9)19-8-18-11/h3-5,10,13,16H,6-8H2,1-2H3. The van der Waals surface area contributed by atoms with Crippen molar-refractivity contribution < 1.29 is 18.3 Å². The number of benzene rings is 1. The van der Waals surface area contributed by atoms with Crippen LogP contribution in [0.4, 0.5) is 8.78 Å². The molecule has 0 aliphatic carbocycles. The minimum Gasteiger partial charge on any atom is -0.454 e. The van der Waals surface area contributed by atoms with Gasteiger partial charge in [0.05, 0.1) is 6.54 Å². The van der Waals surface area contributed by atoms with E-state index in [9.17, 15) is 8.78 Å². The number of nitrogens with zero attached hydrogens (tertiary/aromatic N) is 1. The third kappa shape index (κ3) is 3.54. The van der Waals surface area contributed by atoms with Gasteiger partial charge < -0.3 is 14.8 Å². The maximum absolute atomic E-state index is 12.3. The van der Waals surface area contributed by atoms with Gasteiger partial charge in [-0.3, -0.25) is 4.90 Å². The van der Waals surface area contributed by atoms with Crippen molar-refractivity contribution in [3.8, 4) is 11.5 Å². The summed E-state index contributed by atoms with van der Waals surface area (Å²) in [7, 11) is 3.49. The lowest BCUT2D eigenvalue weighted by molar-refractivity contribution is 0.0963. The summed E-state index contributed by atoms with van der Waals surface area (Å²) in [5.74, 6) is 1.42. The van der Waals surface area contributed by atoms with Gasteiger partial charge in [-0.15, -0.1) is 0 Å². The van der Waals surface area contributed by atoms with Crippen LogP contribution in [-0.2, 0) is 0 Å². The number of fused-ring (bicyclic) bond motifs is 1. The molecule has 0 amide bonds. The maximum atomic E-state index is 12.3. The highest BCUT2D eigenvalue weighted by Crippen LogP contribution is 2.34. The molecule has 1 atom stereocenters. The second kappa shape index (κ2) is 6.16. The zero-order chi connectivity index (χ0) is 13.8. The van der Waals surface area contributed by atoms with Crippen LogP contribution < -0.4 is 14.8 Å².